The first kappa shape index (κ1) is 11.7. The van der Waals surface area contributed by atoms with E-state index in [1.54, 1.807) is 10.7 Å². The predicted octanol–water partition coefficient (Wildman–Crippen LogP) is 1.24. The minimum absolute atomic E-state index is 0.288. The maximum absolute atomic E-state index is 10.9. The van der Waals surface area contributed by atoms with E-state index >= 15 is 0 Å². The molecule has 2 aromatic rings. The normalized spacial score (nSPS) is 19.6. The Balaban J connectivity index is 1.91. The molecular formula is C11H11IN4O2. The topological polar surface area (TPSA) is 70.7 Å². The van der Waals surface area contributed by atoms with Crippen LogP contribution in [0.2, 0.25) is 0 Å². The first-order valence-electron chi connectivity index (χ1n) is 5.63. The van der Waals surface area contributed by atoms with Crippen LogP contribution >= 0.6 is 22.6 Å². The van der Waals surface area contributed by atoms with Crippen LogP contribution in [-0.4, -0.2) is 38.8 Å². The van der Waals surface area contributed by atoms with Crippen LogP contribution < -0.4 is 4.90 Å². The Morgan fingerprint density at radius 1 is 1.50 bits per heavy atom. The lowest BCUT2D eigenvalue weighted by Crippen LogP contribution is -2.24. The van der Waals surface area contributed by atoms with Gasteiger partial charge >= 0.3 is 5.97 Å². The Hall–Kier alpha value is -1.38. The van der Waals surface area contributed by atoms with E-state index in [1.807, 2.05) is 17.0 Å². The van der Waals surface area contributed by atoms with E-state index in [0.29, 0.717) is 13.0 Å². The molecule has 0 amide bonds. The number of carboxylic acids is 1. The average Bonchev–Trinajstić information content (AvgIpc) is 2.96. The van der Waals surface area contributed by atoms with Crippen molar-refractivity contribution in [3.8, 4) is 0 Å². The van der Waals surface area contributed by atoms with E-state index in [-0.39, 0.29) is 5.92 Å². The van der Waals surface area contributed by atoms with Crippen molar-refractivity contribution in [3.05, 3.63) is 22.0 Å². The first-order valence-corrected chi connectivity index (χ1v) is 6.71. The SMILES string of the molecule is O=C(O)[C@@H]1CCN(c2ccc3ncc(I)n3n2)C1. The molecule has 0 unspecified atom stereocenters. The second kappa shape index (κ2) is 4.38. The number of imidazole rings is 1. The van der Waals surface area contributed by atoms with Crippen molar-refractivity contribution in [2.75, 3.05) is 18.0 Å². The van der Waals surface area contributed by atoms with E-state index in [9.17, 15) is 4.79 Å². The van der Waals surface area contributed by atoms with E-state index in [1.165, 1.54) is 0 Å². The molecule has 0 aromatic carbocycles. The van der Waals surface area contributed by atoms with Gasteiger partial charge in [-0.3, -0.25) is 4.79 Å². The molecule has 18 heavy (non-hydrogen) atoms. The number of carbonyl (C=O) groups is 1. The average molecular weight is 358 g/mol. The van der Waals surface area contributed by atoms with Crippen molar-refractivity contribution >= 4 is 40.0 Å². The summed E-state index contributed by atoms with van der Waals surface area (Å²) in [5.74, 6) is -0.206. The maximum atomic E-state index is 10.9. The summed E-state index contributed by atoms with van der Waals surface area (Å²) in [4.78, 5) is 17.2. The van der Waals surface area contributed by atoms with E-state index in [2.05, 4.69) is 32.7 Å². The molecule has 3 heterocycles. The number of hydrogen-bond acceptors (Lipinski definition) is 4. The molecule has 0 saturated carbocycles. The molecule has 1 atom stereocenters. The van der Waals surface area contributed by atoms with Gasteiger partial charge in [-0.05, 0) is 41.1 Å². The van der Waals surface area contributed by atoms with Gasteiger partial charge in [0.25, 0.3) is 0 Å². The molecule has 0 aliphatic carbocycles. The highest BCUT2D eigenvalue weighted by molar-refractivity contribution is 14.1. The largest absolute Gasteiger partial charge is 0.481 e. The van der Waals surface area contributed by atoms with Crippen LogP contribution in [0.15, 0.2) is 18.3 Å². The summed E-state index contributed by atoms with van der Waals surface area (Å²) in [6.45, 7) is 1.26. The summed E-state index contributed by atoms with van der Waals surface area (Å²) in [5.41, 5.74) is 0.803. The number of carboxylic acid groups (broad SMARTS) is 1. The zero-order valence-electron chi connectivity index (χ0n) is 9.45. The summed E-state index contributed by atoms with van der Waals surface area (Å²) >= 11 is 2.17. The Morgan fingerprint density at radius 3 is 3.06 bits per heavy atom. The molecule has 1 N–H and O–H groups in total. The highest BCUT2D eigenvalue weighted by Crippen LogP contribution is 2.22. The lowest BCUT2D eigenvalue weighted by atomic mass is 10.1. The minimum Gasteiger partial charge on any atom is -0.481 e. The molecule has 94 valence electrons. The fraction of sp³-hybridized carbons (Fsp3) is 0.364. The van der Waals surface area contributed by atoms with E-state index < -0.39 is 5.97 Å². The van der Waals surface area contributed by atoms with Gasteiger partial charge in [-0.15, -0.1) is 5.10 Å². The van der Waals surface area contributed by atoms with E-state index in [0.717, 1.165) is 21.7 Å². The zero-order valence-corrected chi connectivity index (χ0v) is 11.6. The molecule has 1 saturated heterocycles. The van der Waals surface area contributed by atoms with Gasteiger partial charge in [0.1, 0.15) is 9.52 Å². The third kappa shape index (κ3) is 1.92. The van der Waals surface area contributed by atoms with Crippen molar-refractivity contribution in [2.45, 2.75) is 6.42 Å². The van der Waals surface area contributed by atoms with Gasteiger partial charge in [0, 0.05) is 13.1 Å². The number of fused-ring (bicyclic) bond motifs is 1. The lowest BCUT2D eigenvalue weighted by molar-refractivity contribution is -0.140. The van der Waals surface area contributed by atoms with Crippen molar-refractivity contribution in [1.29, 1.82) is 0 Å². The Morgan fingerprint density at radius 2 is 2.33 bits per heavy atom. The first-order chi connectivity index (χ1) is 8.65. The van der Waals surface area contributed by atoms with Gasteiger partial charge in [0.05, 0.1) is 12.1 Å². The fourth-order valence-electron chi connectivity index (χ4n) is 2.17. The van der Waals surface area contributed by atoms with Gasteiger partial charge in [-0.2, -0.15) is 0 Å². The Bertz CT molecular complexity index is 612. The summed E-state index contributed by atoms with van der Waals surface area (Å²) in [7, 11) is 0. The van der Waals surface area contributed by atoms with Crippen LogP contribution in [0, 0.1) is 9.62 Å². The van der Waals surface area contributed by atoms with Gasteiger partial charge in [-0.25, -0.2) is 9.50 Å². The zero-order chi connectivity index (χ0) is 12.7. The number of hydrogen-bond donors (Lipinski definition) is 1. The third-order valence-electron chi connectivity index (χ3n) is 3.17. The molecule has 7 heteroatoms. The van der Waals surface area contributed by atoms with Crippen LogP contribution in [0.25, 0.3) is 5.65 Å². The monoisotopic (exact) mass is 358 g/mol. The Kier molecular flexibility index (Phi) is 2.84. The second-order valence-corrected chi connectivity index (χ2v) is 5.42. The van der Waals surface area contributed by atoms with Crippen LogP contribution in [0.3, 0.4) is 0 Å². The number of rotatable bonds is 2. The number of aromatic nitrogens is 3. The summed E-state index contributed by atoms with van der Waals surface area (Å²) in [5, 5.41) is 13.5. The van der Waals surface area contributed by atoms with Crippen molar-refractivity contribution in [1.82, 2.24) is 14.6 Å². The standard InChI is InChI=1S/C11H11IN4O2/c12-8-5-13-9-1-2-10(14-16(8)9)15-4-3-7(6-15)11(17)18/h1-2,5,7H,3-4,6H2,(H,17,18)/t7-/m1/s1. The molecule has 1 fully saturated rings. The maximum Gasteiger partial charge on any atom is 0.308 e. The summed E-state index contributed by atoms with van der Waals surface area (Å²) < 4.78 is 2.71. The smallest absolute Gasteiger partial charge is 0.308 e. The second-order valence-electron chi connectivity index (χ2n) is 4.31. The summed E-state index contributed by atoms with van der Waals surface area (Å²) in [6, 6.07) is 3.79. The quantitative estimate of drug-likeness (QED) is 0.819. The van der Waals surface area contributed by atoms with Gasteiger partial charge < -0.3 is 10.0 Å². The number of aliphatic carboxylic acids is 1. The minimum atomic E-state index is -0.726. The van der Waals surface area contributed by atoms with Gasteiger partial charge in [0.2, 0.25) is 0 Å². The molecule has 0 spiro atoms. The summed E-state index contributed by atoms with van der Waals surface area (Å²) in [6.07, 6.45) is 2.44. The molecular weight excluding hydrogens is 347 g/mol. The molecule has 1 aliphatic heterocycles. The molecule has 0 radical (unpaired) electrons. The number of nitrogens with zero attached hydrogens (tertiary/aromatic N) is 4. The van der Waals surface area contributed by atoms with Crippen LogP contribution in [-0.2, 0) is 4.79 Å². The highest BCUT2D eigenvalue weighted by Gasteiger charge is 2.28. The van der Waals surface area contributed by atoms with E-state index in [4.69, 9.17) is 5.11 Å². The lowest BCUT2D eigenvalue weighted by Gasteiger charge is -2.16. The predicted molar refractivity (Wildman–Crippen MR) is 73.7 cm³/mol. The van der Waals surface area contributed by atoms with Crippen molar-refractivity contribution in [3.63, 3.8) is 0 Å². The van der Waals surface area contributed by atoms with Crippen molar-refractivity contribution in [2.24, 2.45) is 5.92 Å². The van der Waals surface area contributed by atoms with Gasteiger partial charge in [-0.1, -0.05) is 0 Å². The molecule has 3 rings (SSSR count). The van der Waals surface area contributed by atoms with Crippen LogP contribution in [0.5, 0.6) is 0 Å². The van der Waals surface area contributed by atoms with Crippen LogP contribution in [0.4, 0.5) is 5.82 Å². The molecule has 0 bridgehead atoms. The number of halogens is 1. The van der Waals surface area contributed by atoms with Gasteiger partial charge in [0.15, 0.2) is 5.65 Å². The molecule has 6 nitrogen and oxygen atoms in total. The fourth-order valence-corrected chi connectivity index (χ4v) is 2.67. The number of anilines is 1. The van der Waals surface area contributed by atoms with Crippen LogP contribution in [0.1, 0.15) is 6.42 Å². The molecule has 2 aromatic heterocycles. The van der Waals surface area contributed by atoms with Crippen molar-refractivity contribution < 1.29 is 9.90 Å². The highest BCUT2D eigenvalue weighted by atomic mass is 127. The third-order valence-corrected chi connectivity index (χ3v) is 3.90. The Labute approximate surface area is 117 Å². The molecule has 1 aliphatic rings.